The fourth-order valence-electron chi connectivity index (χ4n) is 2.42. The third-order valence-electron chi connectivity index (χ3n) is 3.98. The lowest BCUT2D eigenvalue weighted by molar-refractivity contribution is -0.137. The van der Waals surface area contributed by atoms with Crippen molar-refractivity contribution in [3.05, 3.63) is 48.0 Å². The van der Waals surface area contributed by atoms with Crippen molar-refractivity contribution < 1.29 is 22.7 Å². The summed E-state index contributed by atoms with van der Waals surface area (Å²) in [6.07, 6.45) is -1.41. The molecule has 0 spiro atoms. The zero-order chi connectivity index (χ0) is 21.3. The molecule has 0 amide bonds. The van der Waals surface area contributed by atoms with Gasteiger partial charge in [0.25, 0.3) is 0 Å². The summed E-state index contributed by atoms with van der Waals surface area (Å²) in [6, 6.07) is 5.69. The van der Waals surface area contributed by atoms with Crippen molar-refractivity contribution in [2.75, 3.05) is 31.5 Å². The third-order valence-corrected chi connectivity index (χ3v) is 3.98. The fraction of sp³-hybridized carbons (Fsp3) is 0.474. The second-order valence-corrected chi connectivity index (χ2v) is 6.58. The van der Waals surface area contributed by atoms with E-state index in [1.165, 1.54) is 12.3 Å². The predicted octanol–water partition coefficient (Wildman–Crippen LogP) is 3.58. The second-order valence-electron chi connectivity index (χ2n) is 6.58. The van der Waals surface area contributed by atoms with Gasteiger partial charge in [-0.2, -0.15) is 13.2 Å². The van der Waals surface area contributed by atoms with Gasteiger partial charge in [-0.05, 0) is 44.5 Å². The van der Waals surface area contributed by atoms with E-state index in [2.05, 4.69) is 25.9 Å². The smallest absolute Gasteiger partial charge is 0.417 e. The maximum Gasteiger partial charge on any atom is 0.417 e. The van der Waals surface area contributed by atoms with Crippen LogP contribution < -0.4 is 16.0 Å². The Hall–Kier alpha value is -2.02. The molecule has 7 nitrogen and oxygen atoms in total. The molecule has 168 valence electrons. The lowest BCUT2D eigenvalue weighted by Gasteiger charge is -2.19. The van der Waals surface area contributed by atoms with Crippen LogP contribution >= 0.6 is 24.0 Å². The maximum atomic E-state index is 12.5. The lowest BCUT2D eigenvalue weighted by atomic mass is 10.0. The molecule has 0 saturated heterocycles. The largest absolute Gasteiger partial charge is 0.466 e. The Morgan fingerprint density at radius 1 is 1.20 bits per heavy atom. The molecule has 2 aromatic rings. The molecule has 30 heavy (non-hydrogen) atoms. The summed E-state index contributed by atoms with van der Waals surface area (Å²) >= 11 is 0. The third kappa shape index (κ3) is 8.38. The number of halogens is 4. The van der Waals surface area contributed by atoms with E-state index in [4.69, 9.17) is 4.42 Å². The average molecular weight is 541 g/mol. The van der Waals surface area contributed by atoms with Crippen LogP contribution in [0, 0.1) is 0 Å². The minimum Gasteiger partial charge on any atom is -0.466 e. The van der Waals surface area contributed by atoms with Crippen molar-refractivity contribution in [1.82, 2.24) is 15.6 Å². The van der Waals surface area contributed by atoms with Crippen LogP contribution in [0.15, 0.2) is 46.1 Å². The number of furan rings is 1. The van der Waals surface area contributed by atoms with Gasteiger partial charge in [-0.1, -0.05) is 0 Å². The minimum atomic E-state index is -4.39. The van der Waals surface area contributed by atoms with Crippen LogP contribution in [0.3, 0.4) is 0 Å². The quantitative estimate of drug-likeness (QED) is 0.168. The van der Waals surface area contributed by atoms with Gasteiger partial charge in [0.2, 0.25) is 0 Å². The number of anilines is 1. The van der Waals surface area contributed by atoms with Crippen LogP contribution in [-0.2, 0) is 11.8 Å². The highest BCUT2D eigenvalue weighted by molar-refractivity contribution is 14.0. The number of aliphatic hydroxyl groups is 1. The normalized spacial score (nSPS) is 13.9. The van der Waals surface area contributed by atoms with Crippen LogP contribution in [0.25, 0.3) is 0 Å². The number of alkyl halides is 3. The van der Waals surface area contributed by atoms with Gasteiger partial charge < -0.3 is 25.5 Å². The monoisotopic (exact) mass is 541 g/mol. The molecule has 4 N–H and O–H groups in total. The SMILES string of the molecule is CCNC(=NCC(C)(O)c1ccco1)NCCCNc1ccc(C(F)(F)F)cn1.I. The Bertz CT molecular complexity index is 765. The van der Waals surface area contributed by atoms with Gasteiger partial charge in [0.1, 0.15) is 17.2 Å². The molecule has 2 rings (SSSR count). The highest BCUT2D eigenvalue weighted by Crippen LogP contribution is 2.28. The van der Waals surface area contributed by atoms with Gasteiger partial charge in [0, 0.05) is 25.8 Å². The fourth-order valence-corrected chi connectivity index (χ4v) is 2.42. The highest BCUT2D eigenvalue weighted by Gasteiger charge is 2.30. The number of pyridine rings is 1. The molecule has 0 fully saturated rings. The number of nitrogens with one attached hydrogen (secondary N) is 3. The molecule has 0 aliphatic rings. The summed E-state index contributed by atoms with van der Waals surface area (Å²) in [7, 11) is 0. The van der Waals surface area contributed by atoms with E-state index in [0.29, 0.717) is 43.6 Å². The molecule has 2 aromatic heterocycles. The Morgan fingerprint density at radius 2 is 1.97 bits per heavy atom. The second kappa shape index (κ2) is 12.0. The number of aromatic nitrogens is 1. The number of aliphatic imine (C=N–C) groups is 1. The van der Waals surface area contributed by atoms with Crippen LogP contribution in [0.4, 0.5) is 19.0 Å². The van der Waals surface area contributed by atoms with E-state index in [-0.39, 0.29) is 30.5 Å². The van der Waals surface area contributed by atoms with Crippen molar-refractivity contribution in [3.63, 3.8) is 0 Å². The lowest BCUT2D eigenvalue weighted by Crippen LogP contribution is -2.39. The van der Waals surface area contributed by atoms with E-state index < -0.39 is 17.3 Å². The number of nitrogens with zero attached hydrogens (tertiary/aromatic N) is 2. The average Bonchev–Trinajstić information content (AvgIpc) is 3.21. The van der Waals surface area contributed by atoms with Crippen LogP contribution in [0.2, 0.25) is 0 Å². The Labute approximate surface area is 190 Å². The van der Waals surface area contributed by atoms with Gasteiger partial charge in [-0.25, -0.2) is 9.98 Å². The first-order valence-electron chi connectivity index (χ1n) is 9.28. The van der Waals surface area contributed by atoms with Crippen molar-refractivity contribution in [2.45, 2.75) is 32.0 Å². The van der Waals surface area contributed by atoms with Crippen molar-refractivity contribution in [1.29, 1.82) is 0 Å². The summed E-state index contributed by atoms with van der Waals surface area (Å²) < 4.78 is 42.8. The van der Waals surface area contributed by atoms with E-state index in [1.807, 2.05) is 6.92 Å². The summed E-state index contributed by atoms with van der Waals surface area (Å²) in [5, 5.41) is 19.7. The molecule has 1 unspecified atom stereocenters. The molecule has 0 bridgehead atoms. The zero-order valence-electron chi connectivity index (χ0n) is 16.8. The molecular formula is C19H27F3IN5O2. The first-order chi connectivity index (χ1) is 13.7. The number of guanidine groups is 1. The molecule has 0 aliphatic carbocycles. The zero-order valence-corrected chi connectivity index (χ0v) is 19.1. The minimum absolute atomic E-state index is 0. The molecule has 1 atom stereocenters. The molecular weight excluding hydrogens is 514 g/mol. The number of rotatable bonds is 9. The number of hydrogen-bond donors (Lipinski definition) is 4. The summed E-state index contributed by atoms with van der Waals surface area (Å²) in [6.45, 7) is 5.42. The van der Waals surface area contributed by atoms with Crippen molar-refractivity contribution >= 4 is 35.8 Å². The molecule has 11 heteroatoms. The number of hydrogen-bond acceptors (Lipinski definition) is 5. The summed E-state index contributed by atoms with van der Waals surface area (Å²) in [4.78, 5) is 8.14. The Morgan fingerprint density at radius 3 is 2.53 bits per heavy atom. The van der Waals surface area contributed by atoms with E-state index >= 15 is 0 Å². The first kappa shape index (κ1) is 26.0. The molecule has 0 aliphatic heterocycles. The highest BCUT2D eigenvalue weighted by atomic mass is 127. The molecule has 2 heterocycles. The maximum absolute atomic E-state index is 12.5. The first-order valence-corrected chi connectivity index (χ1v) is 9.28. The van der Waals surface area contributed by atoms with Gasteiger partial charge in [-0.15, -0.1) is 24.0 Å². The topological polar surface area (TPSA) is 94.7 Å². The van der Waals surface area contributed by atoms with Gasteiger partial charge in [-0.3, -0.25) is 0 Å². The predicted molar refractivity (Wildman–Crippen MR) is 120 cm³/mol. The molecule has 0 radical (unpaired) electrons. The van der Waals surface area contributed by atoms with Gasteiger partial charge in [0.15, 0.2) is 5.96 Å². The van der Waals surface area contributed by atoms with Crippen molar-refractivity contribution in [2.24, 2.45) is 4.99 Å². The van der Waals surface area contributed by atoms with Crippen LogP contribution in [0.5, 0.6) is 0 Å². The van der Waals surface area contributed by atoms with E-state index in [0.717, 1.165) is 12.3 Å². The van der Waals surface area contributed by atoms with Crippen LogP contribution in [-0.4, -0.2) is 42.2 Å². The Kier molecular flexibility index (Phi) is 10.4. The standard InChI is InChI=1S/C19H26F3N5O2.HI/c1-3-23-17(27-13-18(2,28)15-6-4-11-29-15)25-10-5-9-24-16-8-7-14(12-26-16)19(20,21)22;/h4,6-8,11-12,28H,3,5,9-10,13H2,1-2H3,(H,24,26)(H2,23,25,27);1H. The summed E-state index contributed by atoms with van der Waals surface area (Å²) in [5.74, 6) is 1.37. The Balaban J connectivity index is 0.00000450. The van der Waals surface area contributed by atoms with Crippen LogP contribution in [0.1, 0.15) is 31.6 Å². The van der Waals surface area contributed by atoms with E-state index in [1.54, 1.807) is 19.1 Å². The van der Waals surface area contributed by atoms with Crippen molar-refractivity contribution in [3.8, 4) is 0 Å². The summed E-state index contributed by atoms with van der Waals surface area (Å²) in [5.41, 5.74) is -2.00. The van der Waals surface area contributed by atoms with Gasteiger partial charge in [0.05, 0.1) is 18.4 Å². The van der Waals surface area contributed by atoms with E-state index in [9.17, 15) is 18.3 Å². The molecule has 0 saturated carbocycles. The van der Waals surface area contributed by atoms with Gasteiger partial charge >= 0.3 is 6.18 Å². The molecule has 0 aromatic carbocycles.